The third-order valence-electron chi connectivity index (χ3n) is 4.48. The molecule has 2 unspecified atom stereocenters. The van der Waals surface area contributed by atoms with Crippen molar-refractivity contribution in [1.82, 2.24) is 15.1 Å². The number of hydrogen-bond donors (Lipinski definition) is 2. The maximum absolute atomic E-state index is 6.23. The van der Waals surface area contributed by atoms with Crippen LogP contribution in [0.5, 0.6) is 0 Å². The van der Waals surface area contributed by atoms with Crippen molar-refractivity contribution in [3.05, 3.63) is 33.8 Å². The molecule has 1 aliphatic rings. The fourth-order valence-electron chi connectivity index (χ4n) is 2.81. The minimum absolute atomic E-state index is 0.0301. The van der Waals surface area contributed by atoms with Gasteiger partial charge in [-0.1, -0.05) is 29.3 Å². The Hall–Kier alpha value is -1.01. The maximum atomic E-state index is 6.23. The first kappa shape index (κ1) is 19.3. The summed E-state index contributed by atoms with van der Waals surface area (Å²) < 4.78 is 0. The minimum Gasteiger partial charge on any atom is -0.370 e. The van der Waals surface area contributed by atoms with E-state index in [1.54, 1.807) is 6.07 Å². The van der Waals surface area contributed by atoms with E-state index >= 15 is 0 Å². The fourth-order valence-corrected chi connectivity index (χ4v) is 3.38. The first-order valence-corrected chi connectivity index (χ1v) is 9.06. The second-order valence-electron chi connectivity index (χ2n) is 6.45. The van der Waals surface area contributed by atoms with E-state index in [1.165, 1.54) is 0 Å². The summed E-state index contributed by atoms with van der Waals surface area (Å²) in [5.41, 5.74) is 6.99. The van der Waals surface area contributed by atoms with Crippen LogP contribution >= 0.6 is 23.2 Å². The second-order valence-corrected chi connectivity index (χ2v) is 7.29. The highest BCUT2D eigenvalue weighted by atomic mass is 35.5. The molecule has 5 nitrogen and oxygen atoms in total. The Kier molecular flexibility index (Phi) is 7.16. The van der Waals surface area contributed by atoms with Gasteiger partial charge >= 0.3 is 0 Å². The topological polar surface area (TPSA) is 56.9 Å². The van der Waals surface area contributed by atoms with E-state index in [2.05, 4.69) is 34.1 Å². The van der Waals surface area contributed by atoms with Crippen LogP contribution in [0.2, 0.25) is 10.0 Å². The molecule has 1 saturated heterocycles. The van der Waals surface area contributed by atoms with Gasteiger partial charge in [-0.05, 0) is 38.6 Å². The highest BCUT2D eigenvalue weighted by molar-refractivity contribution is 6.35. The standard InChI is InChI=1S/C17H27Cl2N5/c1-12(24-8-6-23(3)7-9-24)11-21-17(20)22-13(2)15-5-4-14(18)10-16(15)19/h4-5,10,12-13H,6-9,11H2,1-3H3,(H3,20,21,22). The number of nitrogens with two attached hydrogens (primary N) is 1. The van der Waals surface area contributed by atoms with Crippen LogP contribution in [0.1, 0.15) is 25.5 Å². The Labute approximate surface area is 154 Å². The summed E-state index contributed by atoms with van der Waals surface area (Å²) in [4.78, 5) is 9.29. The third-order valence-corrected chi connectivity index (χ3v) is 5.04. The van der Waals surface area contributed by atoms with Gasteiger partial charge in [0.25, 0.3) is 0 Å². The molecule has 24 heavy (non-hydrogen) atoms. The van der Waals surface area contributed by atoms with Crippen molar-refractivity contribution in [2.45, 2.75) is 25.9 Å². The minimum atomic E-state index is -0.0301. The summed E-state index contributed by atoms with van der Waals surface area (Å²) in [5.74, 6) is 0.439. The Morgan fingerprint density at radius 3 is 2.54 bits per heavy atom. The number of guanidine groups is 1. The molecule has 0 saturated carbocycles. The van der Waals surface area contributed by atoms with Crippen LogP contribution in [-0.4, -0.2) is 61.6 Å². The fraction of sp³-hybridized carbons (Fsp3) is 0.588. The maximum Gasteiger partial charge on any atom is 0.189 e. The largest absolute Gasteiger partial charge is 0.370 e. The van der Waals surface area contributed by atoms with Gasteiger partial charge in [-0.25, -0.2) is 0 Å². The quantitative estimate of drug-likeness (QED) is 0.616. The summed E-state index contributed by atoms with van der Waals surface area (Å²) >= 11 is 12.2. The normalized spacial score (nSPS) is 20.0. The van der Waals surface area contributed by atoms with Gasteiger partial charge < -0.3 is 16.0 Å². The first-order chi connectivity index (χ1) is 11.4. The van der Waals surface area contributed by atoms with Crippen LogP contribution < -0.4 is 11.1 Å². The van der Waals surface area contributed by atoms with E-state index in [0.717, 1.165) is 31.7 Å². The van der Waals surface area contributed by atoms with Crippen molar-refractivity contribution >= 4 is 29.2 Å². The number of rotatable bonds is 5. The van der Waals surface area contributed by atoms with Gasteiger partial charge in [-0.2, -0.15) is 0 Å². The lowest BCUT2D eigenvalue weighted by Gasteiger charge is -2.35. The van der Waals surface area contributed by atoms with E-state index in [1.807, 2.05) is 19.1 Å². The number of halogens is 2. The summed E-state index contributed by atoms with van der Waals surface area (Å²) in [5, 5.41) is 4.44. The lowest BCUT2D eigenvalue weighted by atomic mass is 10.1. The van der Waals surface area contributed by atoms with Crippen LogP contribution in [0.3, 0.4) is 0 Å². The Bertz CT molecular complexity index is 570. The molecule has 0 aromatic heterocycles. The highest BCUT2D eigenvalue weighted by Gasteiger charge is 2.19. The van der Waals surface area contributed by atoms with Gasteiger partial charge in [0.15, 0.2) is 5.96 Å². The van der Waals surface area contributed by atoms with Crippen molar-refractivity contribution in [2.75, 3.05) is 39.8 Å². The Balaban J connectivity index is 1.86. The highest BCUT2D eigenvalue weighted by Crippen LogP contribution is 2.25. The second kappa shape index (κ2) is 8.90. The number of benzene rings is 1. The van der Waals surface area contributed by atoms with E-state index in [9.17, 15) is 0 Å². The number of aliphatic imine (C=N–C) groups is 1. The number of nitrogens with one attached hydrogen (secondary N) is 1. The van der Waals surface area contributed by atoms with Gasteiger partial charge in [0, 0.05) is 42.3 Å². The van der Waals surface area contributed by atoms with Crippen LogP contribution in [-0.2, 0) is 0 Å². The molecule has 7 heteroatoms. The van der Waals surface area contributed by atoms with E-state index < -0.39 is 0 Å². The number of hydrogen-bond acceptors (Lipinski definition) is 3. The van der Waals surface area contributed by atoms with Crippen molar-refractivity contribution < 1.29 is 0 Å². The van der Waals surface area contributed by atoms with Crippen molar-refractivity contribution in [1.29, 1.82) is 0 Å². The molecule has 134 valence electrons. The van der Waals surface area contributed by atoms with E-state index in [4.69, 9.17) is 28.9 Å². The lowest BCUT2D eigenvalue weighted by Crippen LogP contribution is -2.49. The number of nitrogens with zero attached hydrogens (tertiary/aromatic N) is 3. The van der Waals surface area contributed by atoms with Crippen molar-refractivity contribution in [3.8, 4) is 0 Å². The molecule has 2 rings (SSSR count). The lowest BCUT2D eigenvalue weighted by molar-refractivity contribution is 0.122. The molecule has 1 fully saturated rings. The molecule has 0 bridgehead atoms. The van der Waals surface area contributed by atoms with Gasteiger partial charge in [-0.15, -0.1) is 0 Å². The SMILES string of the molecule is CC(NC(N)=NCC(C)N1CCN(C)CC1)c1ccc(Cl)cc1Cl. The van der Waals surface area contributed by atoms with Gasteiger partial charge in [0.2, 0.25) is 0 Å². The molecular formula is C17H27Cl2N5. The molecule has 1 aromatic rings. The molecule has 0 radical (unpaired) electrons. The number of likely N-dealkylation sites (N-methyl/N-ethyl adjacent to an activating group) is 1. The molecule has 0 spiro atoms. The van der Waals surface area contributed by atoms with Gasteiger partial charge in [0.05, 0.1) is 12.6 Å². The third kappa shape index (κ3) is 5.52. The zero-order chi connectivity index (χ0) is 17.7. The molecule has 1 heterocycles. The molecule has 0 aliphatic carbocycles. The number of piperazine rings is 1. The zero-order valence-corrected chi connectivity index (χ0v) is 16.1. The van der Waals surface area contributed by atoms with E-state index in [-0.39, 0.29) is 6.04 Å². The van der Waals surface area contributed by atoms with Crippen molar-refractivity contribution in [3.63, 3.8) is 0 Å². The van der Waals surface area contributed by atoms with Crippen LogP contribution in [0.4, 0.5) is 0 Å². The van der Waals surface area contributed by atoms with Crippen LogP contribution in [0.25, 0.3) is 0 Å². The summed E-state index contributed by atoms with van der Waals surface area (Å²) in [7, 11) is 2.16. The van der Waals surface area contributed by atoms with E-state index in [0.29, 0.717) is 28.6 Å². The average Bonchev–Trinajstić information content (AvgIpc) is 2.53. The van der Waals surface area contributed by atoms with Gasteiger partial charge in [-0.3, -0.25) is 9.89 Å². The monoisotopic (exact) mass is 371 g/mol. The molecular weight excluding hydrogens is 345 g/mol. The molecule has 2 atom stereocenters. The molecule has 0 amide bonds. The summed E-state index contributed by atoms with van der Waals surface area (Å²) in [6.07, 6.45) is 0. The average molecular weight is 372 g/mol. The Morgan fingerprint density at radius 2 is 1.92 bits per heavy atom. The van der Waals surface area contributed by atoms with Crippen LogP contribution in [0, 0.1) is 0 Å². The molecule has 3 N–H and O–H groups in total. The molecule has 1 aromatic carbocycles. The predicted octanol–water partition coefficient (Wildman–Crippen LogP) is 2.59. The predicted molar refractivity (Wildman–Crippen MR) is 103 cm³/mol. The smallest absolute Gasteiger partial charge is 0.189 e. The zero-order valence-electron chi connectivity index (χ0n) is 14.6. The van der Waals surface area contributed by atoms with Crippen molar-refractivity contribution in [2.24, 2.45) is 10.7 Å². The van der Waals surface area contributed by atoms with Gasteiger partial charge in [0.1, 0.15) is 0 Å². The summed E-state index contributed by atoms with van der Waals surface area (Å²) in [6, 6.07) is 5.82. The molecule has 1 aliphatic heterocycles. The Morgan fingerprint density at radius 1 is 1.25 bits per heavy atom. The van der Waals surface area contributed by atoms with Crippen LogP contribution in [0.15, 0.2) is 23.2 Å². The summed E-state index contributed by atoms with van der Waals surface area (Å²) in [6.45, 7) is 9.25. The first-order valence-electron chi connectivity index (χ1n) is 8.31.